The molecule has 68 valence electrons. The van der Waals surface area contributed by atoms with Crippen LogP contribution in [0.5, 0.6) is 0 Å². The van der Waals surface area contributed by atoms with E-state index in [1.165, 1.54) is 4.57 Å². The highest BCUT2D eigenvalue weighted by atomic mass is 79.9. The van der Waals surface area contributed by atoms with Crippen molar-refractivity contribution in [3.8, 4) is 0 Å². The third-order valence-electron chi connectivity index (χ3n) is 1.93. The van der Waals surface area contributed by atoms with Gasteiger partial charge >= 0.3 is 0 Å². The third kappa shape index (κ3) is 1.21. The van der Waals surface area contributed by atoms with Crippen LogP contribution in [0.3, 0.4) is 0 Å². The van der Waals surface area contributed by atoms with Crippen molar-refractivity contribution < 1.29 is 4.42 Å². The van der Waals surface area contributed by atoms with Crippen molar-refractivity contribution in [2.24, 2.45) is 7.05 Å². The van der Waals surface area contributed by atoms with E-state index in [4.69, 9.17) is 4.42 Å². The van der Waals surface area contributed by atoms with E-state index in [-0.39, 0.29) is 5.56 Å². The molecule has 3 nitrogen and oxygen atoms in total. The lowest BCUT2D eigenvalue weighted by Gasteiger charge is -1.97. The van der Waals surface area contributed by atoms with E-state index >= 15 is 0 Å². The number of hydrogen-bond donors (Lipinski definition) is 0. The van der Waals surface area contributed by atoms with Crippen LogP contribution < -0.4 is 5.56 Å². The summed E-state index contributed by atoms with van der Waals surface area (Å²) in [5.41, 5.74) is 0.306. The molecule has 0 radical (unpaired) electrons. The fraction of sp³-hybridized carbons (Fsp3) is 0.222. The first-order valence-electron chi connectivity index (χ1n) is 3.85. The molecular weight excluding hydrogens is 234 g/mol. The Morgan fingerprint density at radius 1 is 1.54 bits per heavy atom. The van der Waals surface area contributed by atoms with Gasteiger partial charge in [-0.15, -0.1) is 0 Å². The van der Waals surface area contributed by atoms with Gasteiger partial charge in [0.05, 0.1) is 0 Å². The summed E-state index contributed by atoms with van der Waals surface area (Å²) in [6, 6.07) is 1.85. The molecule has 0 unspecified atom stereocenters. The summed E-state index contributed by atoms with van der Waals surface area (Å²) >= 11 is 3.38. The molecular formula is C9H8BrNO2. The molecule has 0 spiro atoms. The predicted octanol–water partition coefficient (Wildman–Crippen LogP) is 2.20. The fourth-order valence-corrected chi connectivity index (χ4v) is 1.91. The molecule has 4 heteroatoms. The first-order chi connectivity index (χ1) is 6.09. The highest BCUT2D eigenvalue weighted by molar-refractivity contribution is 9.10. The number of aromatic nitrogens is 1. The molecule has 0 saturated heterocycles. The summed E-state index contributed by atoms with van der Waals surface area (Å²) in [6.07, 6.45) is 1.74. The van der Waals surface area contributed by atoms with Gasteiger partial charge in [-0.2, -0.15) is 0 Å². The van der Waals surface area contributed by atoms with Crippen LogP contribution in [0.1, 0.15) is 5.76 Å². The van der Waals surface area contributed by atoms with E-state index in [0.29, 0.717) is 5.58 Å². The second kappa shape index (κ2) is 2.73. The molecule has 2 rings (SSSR count). The van der Waals surface area contributed by atoms with Crippen molar-refractivity contribution in [2.75, 3.05) is 0 Å². The van der Waals surface area contributed by atoms with Crippen LogP contribution in [-0.2, 0) is 7.05 Å². The van der Waals surface area contributed by atoms with E-state index in [9.17, 15) is 4.79 Å². The van der Waals surface area contributed by atoms with Gasteiger partial charge in [-0.3, -0.25) is 4.79 Å². The normalized spacial score (nSPS) is 11.0. The van der Waals surface area contributed by atoms with Gasteiger partial charge in [-0.05, 0) is 28.9 Å². The lowest BCUT2D eigenvalue weighted by atomic mass is 10.3. The minimum absolute atomic E-state index is 0.105. The summed E-state index contributed by atoms with van der Waals surface area (Å²) in [4.78, 5) is 11.5. The molecule has 0 aliphatic carbocycles. The smallest absolute Gasteiger partial charge is 0.293 e. The molecule has 0 aliphatic heterocycles. The zero-order valence-corrected chi connectivity index (χ0v) is 8.88. The molecule has 0 fully saturated rings. The van der Waals surface area contributed by atoms with Gasteiger partial charge in [0.15, 0.2) is 0 Å². The second-order valence-corrected chi connectivity index (χ2v) is 3.85. The first-order valence-corrected chi connectivity index (χ1v) is 4.64. The van der Waals surface area contributed by atoms with Gasteiger partial charge in [0.2, 0.25) is 5.58 Å². The van der Waals surface area contributed by atoms with E-state index in [0.717, 1.165) is 15.6 Å². The van der Waals surface area contributed by atoms with Crippen molar-refractivity contribution in [1.82, 2.24) is 4.57 Å². The van der Waals surface area contributed by atoms with Gasteiger partial charge < -0.3 is 8.98 Å². The van der Waals surface area contributed by atoms with Gasteiger partial charge in [0.1, 0.15) is 5.76 Å². The lowest BCUT2D eigenvalue weighted by Crippen LogP contribution is -2.15. The molecule has 0 amide bonds. The molecule has 2 heterocycles. The second-order valence-electron chi connectivity index (χ2n) is 2.99. The Labute approximate surface area is 83.1 Å². The number of aryl methyl sites for hydroxylation is 2. The highest BCUT2D eigenvalue weighted by Gasteiger charge is 2.09. The molecule has 2 aromatic heterocycles. The predicted molar refractivity (Wildman–Crippen MR) is 53.9 cm³/mol. The van der Waals surface area contributed by atoms with Crippen molar-refractivity contribution in [3.63, 3.8) is 0 Å². The molecule has 0 aliphatic rings. The first kappa shape index (κ1) is 8.56. The lowest BCUT2D eigenvalue weighted by molar-refractivity contribution is 0.570. The van der Waals surface area contributed by atoms with Crippen molar-refractivity contribution in [3.05, 3.63) is 32.8 Å². The molecule has 0 aromatic carbocycles. The van der Waals surface area contributed by atoms with Gasteiger partial charge in [-0.1, -0.05) is 0 Å². The van der Waals surface area contributed by atoms with Crippen LogP contribution >= 0.6 is 15.9 Å². The molecule has 0 atom stereocenters. The summed E-state index contributed by atoms with van der Waals surface area (Å²) in [7, 11) is 1.70. The van der Waals surface area contributed by atoms with Crippen LogP contribution in [-0.4, -0.2) is 4.57 Å². The van der Waals surface area contributed by atoms with Crippen LogP contribution in [0.25, 0.3) is 11.0 Å². The van der Waals surface area contributed by atoms with Crippen molar-refractivity contribution in [1.29, 1.82) is 0 Å². The number of hydrogen-bond acceptors (Lipinski definition) is 2. The summed E-state index contributed by atoms with van der Waals surface area (Å²) in [5, 5.41) is 0.834. The van der Waals surface area contributed by atoms with Gasteiger partial charge in [0, 0.05) is 23.1 Å². The Balaban J connectivity index is 3.04. The van der Waals surface area contributed by atoms with Crippen LogP contribution in [0, 0.1) is 6.92 Å². The molecule has 0 bridgehead atoms. The zero-order chi connectivity index (χ0) is 9.59. The highest BCUT2D eigenvalue weighted by Crippen LogP contribution is 2.23. The Hall–Kier alpha value is -1.03. The number of rotatable bonds is 0. The fourth-order valence-electron chi connectivity index (χ4n) is 1.31. The van der Waals surface area contributed by atoms with E-state index in [1.807, 2.05) is 13.0 Å². The van der Waals surface area contributed by atoms with Crippen molar-refractivity contribution in [2.45, 2.75) is 6.92 Å². The van der Waals surface area contributed by atoms with Crippen LogP contribution in [0.2, 0.25) is 0 Å². The average Bonchev–Trinajstić information content (AvgIpc) is 2.44. The maximum absolute atomic E-state index is 11.5. The standard InChI is InChI=1S/C9H8BrNO2/c1-5-3-6-7(10)4-11(2)9(12)8(6)13-5/h3-4H,1-2H3. The van der Waals surface area contributed by atoms with Crippen molar-refractivity contribution >= 4 is 26.9 Å². The number of halogens is 1. The third-order valence-corrected chi connectivity index (χ3v) is 2.57. The van der Waals surface area contributed by atoms with Gasteiger partial charge in [0.25, 0.3) is 5.56 Å². The Kier molecular flexibility index (Phi) is 1.80. The van der Waals surface area contributed by atoms with Crippen LogP contribution in [0.4, 0.5) is 0 Å². The zero-order valence-electron chi connectivity index (χ0n) is 7.30. The molecule has 2 aromatic rings. The van der Waals surface area contributed by atoms with E-state index < -0.39 is 0 Å². The Morgan fingerprint density at radius 3 is 2.92 bits per heavy atom. The Morgan fingerprint density at radius 2 is 2.23 bits per heavy atom. The number of pyridine rings is 1. The van der Waals surface area contributed by atoms with E-state index in [1.54, 1.807) is 13.2 Å². The minimum atomic E-state index is -0.105. The number of fused-ring (bicyclic) bond motifs is 1. The SMILES string of the molecule is Cc1cc2c(Br)cn(C)c(=O)c2o1. The van der Waals surface area contributed by atoms with Gasteiger partial charge in [-0.25, -0.2) is 0 Å². The quantitative estimate of drug-likeness (QED) is 0.709. The maximum atomic E-state index is 11.5. The molecule has 0 N–H and O–H groups in total. The summed E-state index contributed by atoms with van der Waals surface area (Å²) in [5.74, 6) is 0.749. The topological polar surface area (TPSA) is 35.1 Å². The average molecular weight is 242 g/mol. The summed E-state index contributed by atoms with van der Waals surface area (Å²) in [6.45, 7) is 1.83. The molecule has 13 heavy (non-hydrogen) atoms. The van der Waals surface area contributed by atoms with E-state index in [2.05, 4.69) is 15.9 Å². The maximum Gasteiger partial charge on any atom is 0.293 e. The number of nitrogens with zero attached hydrogens (tertiary/aromatic N) is 1. The largest absolute Gasteiger partial charge is 0.455 e. The molecule has 0 saturated carbocycles. The Bertz CT molecular complexity index is 524. The summed E-state index contributed by atoms with van der Waals surface area (Å²) < 4.78 is 7.67. The monoisotopic (exact) mass is 241 g/mol. The minimum Gasteiger partial charge on any atom is -0.455 e. The van der Waals surface area contributed by atoms with Crippen LogP contribution in [0.15, 0.2) is 25.9 Å². The number of furan rings is 1.